The molecule has 0 bridgehead atoms. The van der Waals surface area contributed by atoms with Crippen LogP contribution in [0.3, 0.4) is 0 Å². The quantitative estimate of drug-likeness (QED) is 0.634. The monoisotopic (exact) mass is 365 g/mol. The van der Waals surface area contributed by atoms with E-state index in [-0.39, 0.29) is 0 Å². The van der Waals surface area contributed by atoms with Crippen molar-refractivity contribution in [1.29, 1.82) is 0 Å². The smallest absolute Gasteiger partial charge is 0.133 e. The van der Waals surface area contributed by atoms with Crippen LogP contribution in [-0.4, -0.2) is 30.4 Å². The Kier molecular flexibility index (Phi) is 7.46. The molecule has 0 aromatic heterocycles. The number of hydrogen-bond donors (Lipinski definition) is 0. The van der Waals surface area contributed by atoms with E-state index in [1.807, 2.05) is 37.3 Å². The first kappa shape index (κ1) is 19.6. The normalized spacial score (nSPS) is 17.6. The van der Waals surface area contributed by atoms with E-state index in [2.05, 4.69) is 29.2 Å². The Hall–Kier alpha value is -2.13. The molecule has 1 atom stereocenters. The Morgan fingerprint density at radius 3 is 2.59 bits per heavy atom. The Labute approximate surface area is 163 Å². The number of likely N-dealkylation sites (tertiary alicyclic amines) is 1. The summed E-state index contributed by atoms with van der Waals surface area (Å²) in [6, 6.07) is 18.7. The van der Waals surface area contributed by atoms with Crippen molar-refractivity contribution in [1.82, 2.24) is 4.90 Å². The molecule has 27 heavy (non-hydrogen) atoms. The first-order chi connectivity index (χ1) is 13.2. The fraction of sp³-hybridized carbons (Fsp3) is 0.458. The average Bonchev–Trinajstić information content (AvgIpc) is 2.69. The van der Waals surface area contributed by atoms with Crippen molar-refractivity contribution in [2.24, 2.45) is 5.92 Å². The van der Waals surface area contributed by atoms with Gasteiger partial charge in [-0.2, -0.15) is 0 Å². The Morgan fingerprint density at radius 1 is 1.07 bits per heavy atom. The van der Waals surface area contributed by atoms with Crippen molar-refractivity contribution in [3.05, 3.63) is 65.7 Å². The lowest BCUT2D eigenvalue weighted by Gasteiger charge is -2.32. The Morgan fingerprint density at radius 2 is 1.85 bits per heavy atom. The summed E-state index contributed by atoms with van der Waals surface area (Å²) in [5.41, 5.74) is 2.57. The number of piperidine rings is 1. The van der Waals surface area contributed by atoms with Crippen molar-refractivity contribution < 1.29 is 9.53 Å². The number of nitrogens with zero attached hydrogens (tertiary/aromatic N) is 1. The number of benzene rings is 2. The lowest BCUT2D eigenvalue weighted by molar-refractivity contribution is -0.120. The number of ether oxygens (including phenoxy) is 1. The van der Waals surface area contributed by atoms with Gasteiger partial charge in [0.15, 0.2) is 0 Å². The van der Waals surface area contributed by atoms with Gasteiger partial charge in [-0.1, -0.05) is 42.5 Å². The van der Waals surface area contributed by atoms with Gasteiger partial charge < -0.3 is 4.74 Å². The van der Waals surface area contributed by atoms with Crippen LogP contribution in [-0.2, 0) is 17.8 Å². The second-order valence-corrected chi connectivity index (χ2v) is 7.55. The molecule has 0 spiro atoms. The molecule has 3 nitrogen and oxygen atoms in total. The van der Waals surface area contributed by atoms with Crippen LogP contribution in [0, 0.1) is 5.92 Å². The van der Waals surface area contributed by atoms with Gasteiger partial charge in [0.2, 0.25) is 0 Å². The molecule has 0 radical (unpaired) electrons. The third-order valence-corrected chi connectivity index (χ3v) is 5.30. The largest absolute Gasteiger partial charge is 0.494 e. The Balaban J connectivity index is 1.43. The molecule has 1 fully saturated rings. The molecule has 0 amide bonds. The fourth-order valence-corrected chi connectivity index (χ4v) is 3.93. The first-order valence-electron chi connectivity index (χ1n) is 10.2. The van der Waals surface area contributed by atoms with Crippen molar-refractivity contribution in [2.75, 3.05) is 19.7 Å². The van der Waals surface area contributed by atoms with Crippen LogP contribution in [0.2, 0.25) is 0 Å². The third kappa shape index (κ3) is 6.51. The van der Waals surface area contributed by atoms with Crippen LogP contribution in [0.25, 0.3) is 0 Å². The van der Waals surface area contributed by atoms with Crippen LogP contribution < -0.4 is 4.74 Å². The van der Waals surface area contributed by atoms with Gasteiger partial charge in [-0.05, 0) is 61.9 Å². The van der Waals surface area contributed by atoms with Gasteiger partial charge in [0.25, 0.3) is 0 Å². The summed E-state index contributed by atoms with van der Waals surface area (Å²) in [6.07, 6.45) is 4.62. The topological polar surface area (TPSA) is 29.5 Å². The van der Waals surface area contributed by atoms with Gasteiger partial charge >= 0.3 is 0 Å². The van der Waals surface area contributed by atoms with Gasteiger partial charge in [-0.25, -0.2) is 0 Å². The zero-order chi connectivity index (χ0) is 18.9. The van der Waals surface area contributed by atoms with Crippen molar-refractivity contribution in [3.8, 4) is 5.75 Å². The molecule has 1 aliphatic rings. The standard InChI is InChI=1S/C24H31NO2/c1-2-27-24-14-11-21(12-15-24)18-25-16-6-9-22(19-25)17-23(26)13-10-20-7-4-3-5-8-20/h3-5,7-8,11-12,14-15,22H,2,6,9-10,13,16-19H2,1H3. The van der Waals surface area contributed by atoms with Crippen molar-refractivity contribution in [3.63, 3.8) is 0 Å². The van der Waals surface area contributed by atoms with E-state index >= 15 is 0 Å². The van der Waals surface area contributed by atoms with Crippen LogP contribution in [0.4, 0.5) is 0 Å². The molecule has 2 aromatic carbocycles. The molecule has 3 rings (SSSR count). The van der Waals surface area contributed by atoms with Gasteiger partial charge in [-0.3, -0.25) is 9.69 Å². The number of hydrogen-bond acceptors (Lipinski definition) is 3. The molecule has 0 saturated carbocycles. The third-order valence-electron chi connectivity index (χ3n) is 5.30. The maximum Gasteiger partial charge on any atom is 0.133 e. The van der Waals surface area contributed by atoms with E-state index in [0.29, 0.717) is 24.7 Å². The van der Waals surface area contributed by atoms with Crippen molar-refractivity contribution >= 4 is 5.78 Å². The minimum atomic E-state index is 0.409. The van der Waals surface area contributed by atoms with Crippen LogP contribution >= 0.6 is 0 Å². The summed E-state index contributed by atoms with van der Waals surface area (Å²) in [6.45, 7) is 5.82. The molecule has 0 aliphatic carbocycles. The number of carbonyl (C=O) groups is 1. The van der Waals surface area contributed by atoms with Crippen molar-refractivity contribution in [2.45, 2.75) is 45.6 Å². The molecule has 2 aromatic rings. The molecule has 0 N–H and O–H groups in total. The molecular weight excluding hydrogens is 334 g/mol. The van der Waals surface area contributed by atoms with E-state index in [0.717, 1.165) is 38.2 Å². The van der Waals surface area contributed by atoms with E-state index in [9.17, 15) is 4.79 Å². The van der Waals surface area contributed by atoms with E-state index < -0.39 is 0 Å². The highest BCUT2D eigenvalue weighted by atomic mass is 16.5. The number of ketones is 1. The van der Waals surface area contributed by atoms with Gasteiger partial charge in [-0.15, -0.1) is 0 Å². The molecule has 1 aliphatic heterocycles. The van der Waals surface area contributed by atoms with E-state index in [1.165, 1.54) is 24.0 Å². The molecule has 1 heterocycles. The minimum Gasteiger partial charge on any atom is -0.494 e. The average molecular weight is 366 g/mol. The predicted molar refractivity (Wildman–Crippen MR) is 110 cm³/mol. The summed E-state index contributed by atoms with van der Waals surface area (Å²) >= 11 is 0. The second-order valence-electron chi connectivity index (χ2n) is 7.55. The van der Waals surface area contributed by atoms with Crippen LogP contribution in [0.1, 0.15) is 43.7 Å². The zero-order valence-electron chi connectivity index (χ0n) is 16.4. The van der Waals surface area contributed by atoms with Gasteiger partial charge in [0.1, 0.15) is 11.5 Å². The highest BCUT2D eigenvalue weighted by molar-refractivity contribution is 5.78. The fourth-order valence-electron chi connectivity index (χ4n) is 3.93. The maximum atomic E-state index is 12.4. The lowest BCUT2D eigenvalue weighted by atomic mass is 9.91. The summed E-state index contributed by atoms with van der Waals surface area (Å²) in [5.74, 6) is 1.85. The maximum absolute atomic E-state index is 12.4. The molecule has 3 heteroatoms. The number of Topliss-reactive ketones (excluding diaryl/α,β-unsaturated/α-hetero) is 1. The molecular formula is C24H31NO2. The molecule has 1 saturated heterocycles. The highest BCUT2D eigenvalue weighted by Crippen LogP contribution is 2.23. The zero-order valence-corrected chi connectivity index (χ0v) is 16.4. The summed E-state index contributed by atoms with van der Waals surface area (Å²) in [7, 11) is 0. The second kappa shape index (κ2) is 10.3. The van der Waals surface area contributed by atoms with Crippen LogP contribution in [0.5, 0.6) is 5.75 Å². The van der Waals surface area contributed by atoms with Crippen LogP contribution in [0.15, 0.2) is 54.6 Å². The van der Waals surface area contributed by atoms with Gasteiger partial charge in [0.05, 0.1) is 6.61 Å². The Bertz CT molecular complexity index is 696. The first-order valence-corrected chi connectivity index (χ1v) is 10.2. The van der Waals surface area contributed by atoms with E-state index in [4.69, 9.17) is 4.74 Å². The predicted octanol–water partition coefficient (Wildman–Crippen LogP) is 4.89. The summed E-state index contributed by atoms with van der Waals surface area (Å²) < 4.78 is 5.52. The number of carbonyl (C=O) groups excluding carboxylic acids is 1. The van der Waals surface area contributed by atoms with E-state index in [1.54, 1.807) is 0 Å². The molecule has 1 unspecified atom stereocenters. The molecule has 144 valence electrons. The summed E-state index contributed by atoms with van der Waals surface area (Å²) in [4.78, 5) is 14.9. The number of aryl methyl sites for hydroxylation is 1. The lowest BCUT2D eigenvalue weighted by Crippen LogP contribution is -2.35. The highest BCUT2D eigenvalue weighted by Gasteiger charge is 2.22. The SMILES string of the molecule is CCOc1ccc(CN2CCCC(CC(=O)CCc3ccccc3)C2)cc1. The van der Waals surface area contributed by atoms with Gasteiger partial charge in [0, 0.05) is 25.9 Å². The minimum absolute atomic E-state index is 0.409. The summed E-state index contributed by atoms with van der Waals surface area (Å²) in [5, 5.41) is 0. The number of rotatable bonds is 9.